The van der Waals surface area contributed by atoms with Gasteiger partial charge in [0.25, 0.3) is 5.95 Å². The van der Waals surface area contributed by atoms with Crippen molar-refractivity contribution in [1.82, 2.24) is 24.7 Å². The van der Waals surface area contributed by atoms with E-state index < -0.39 is 0 Å². The van der Waals surface area contributed by atoms with E-state index >= 15 is 0 Å². The molecule has 0 spiro atoms. The van der Waals surface area contributed by atoms with Crippen molar-refractivity contribution >= 4 is 17.5 Å². The van der Waals surface area contributed by atoms with Gasteiger partial charge in [-0.25, -0.2) is 4.68 Å². The highest BCUT2D eigenvalue weighted by Crippen LogP contribution is 2.26. The molecule has 8 heteroatoms. The topological polar surface area (TPSA) is 80.0 Å². The molecule has 0 amide bonds. The Hall–Kier alpha value is -1.73. The largest absolute Gasteiger partial charge is 0.395 e. The second-order valence-electron chi connectivity index (χ2n) is 5.01. The molecule has 1 fully saturated rings. The molecule has 21 heavy (non-hydrogen) atoms. The lowest BCUT2D eigenvalue weighted by molar-refractivity contribution is 0.296. The Morgan fingerprint density at radius 3 is 2.76 bits per heavy atom. The Balaban J connectivity index is 1.95. The summed E-state index contributed by atoms with van der Waals surface area (Å²) in [5.41, 5.74) is 0. The van der Waals surface area contributed by atoms with Crippen LogP contribution < -0.4 is 4.90 Å². The van der Waals surface area contributed by atoms with Crippen LogP contribution in [0.2, 0.25) is 5.28 Å². The summed E-state index contributed by atoms with van der Waals surface area (Å²) in [5, 5.41) is 13.6. The molecule has 7 nitrogen and oxygen atoms in total. The van der Waals surface area contributed by atoms with Crippen molar-refractivity contribution in [3.8, 4) is 5.95 Å². The standard InChI is InChI=1S/C13H17ClN6O/c14-11-16-12(18-13(17-11)20-7-3-6-15-20)19(8-9-21)10-4-1-2-5-10/h3,6-7,10,21H,1-2,4-5,8-9H2. The van der Waals surface area contributed by atoms with Crippen LogP contribution in [0.3, 0.4) is 0 Å². The molecule has 0 aromatic carbocycles. The first-order valence-electron chi connectivity index (χ1n) is 7.07. The maximum absolute atomic E-state index is 9.32. The molecule has 0 unspecified atom stereocenters. The molecular weight excluding hydrogens is 292 g/mol. The molecule has 112 valence electrons. The van der Waals surface area contributed by atoms with Crippen LogP contribution in [0.5, 0.6) is 0 Å². The van der Waals surface area contributed by atoms with Crippen molar-refractivity contribution in [2.24, 2.45) is 0 Å². The number of anilines is 1. The molecule has 2 aromatic rings. The minimum Gasteiger partial charge on any atom is -0.395 e. The minimum absolute atomic E-state index is 0.0525. The third kappa shape index (κ3) is 3.14. The van der Waals surface area contributed by atoms with Crippen molar-refractivity contribution in [1.29, 1.82) is 0 Å². The van der Waals surface area contributed by atoms with E-state index in [-0.39, 0.29) is 11.9 Å². The third-order valence-corrected chi connectivity index (χ3v) is 3.83. The summed E-state index contributed by atoms with van der Waals surface area (Å²) < 4.78 is 1.54. The fourth-order valence-electron chi connectivity index (χ4n) is 2.72. The molecule has 1 aliphatic rings. The quantitative estimate of drug-likeness (QED) is 0.900. The third-order valence-electron chi connectivity index (χ3n) is 3.66. The van der Waals surface area contributed by atoms with Gasteiger partial charge in [0.1, 0.15) is 0 Å². The molecule has 0 radical (unpaired) electrons. The SMILES string of the molecule is OCCN(c1nc(Cl)nc(-n2cccn2)n1)C1CCCC1. The van der Waals surface area contributed by atoms with Crippen LogP contribution in [0.4, 0.5) is 5.95 Å². The first-order valence-corrected chi connectivity index (χ1v) is 7.45. The van der Waals surface area contributed by atoms with Gasteiger partial charge in [-0.2, -0.15) is 20.1 Å². The lowest BCUT2D eigenvalue weighted by Gasteiger charge is -2.28. The van der Waals surface area contributed by atoms with Gasteiger partial charge in [0.05, 0.1) is 6.61 Å². The van der Waals surface area contributed by atoms with Crippen LogP contribution in [-0.2, 0) is 0 Å². The van der Waals surface area contributed by atoms with Crippen LogP contribution in [-0.4, -0.2) is 49.0 Å². The number of aliphatic hydroxyl groups excluding tert-OH is 1. The van der Waals surface area contributed by atoms with Crippen molar-refractivity contribution < 1.29 is 5.11 Å². The van der Waals surface area contributed by atoms with Crippen LogP contribution in [0.1, 0.15) is 25.7 Å². The molecule has 0 aliphatic heterocycles. The van der Waals surface area contributed by atoms with E-state index in [1.807, 2.05) is 4.90 Å². The zero-order chi connectivity index (χ0) is 14.7. The Bertz CT molecular complexity index is 584. The predicted octanol–water partition coefficient (Wildman–Crippen LogP) is 1.45. The maximum Gasteiger partial charge on any atom is 0.256 e. The van der Waals surface area contributed by atoms with E-state index in [0.29, 0.717) is 24.5 Å². The van der Waals surface area contributed by atoms with E-state index in [4.69, 9.17) is 11.6 Å². The highest BCUT2D eigenvalue weighted by molar-refractivity contribution is 6.28. The van der Waals surface area contributed by atoms with E-state index in [1.54, 1.807) is 23.1 Å². The zero-order valence-electron chi connectivity index (χ0n) is 11.6. The first-order chi connectivity index (χ1) is 10.3. The number of halogens is 1. The summed E-state index contributed by atoms with van der Waals surface area (Å²) in [7, 11) is 0. The van der Waals surface area contributed by atoms with Crippen molar-refractivity contribution in [2.45, 2.75) is 31.7 Å². The monoisotopic (exact) mass is 308 g/mol. The Morgan fingerprint density at radius 1 is 1.29 bits per heavy atom. The van der Waals surface area contributed by atoms with E-state index in [9.17, 15) is 5.11 Å². The number of hydrogen-bond acceptors (Lipinski definition) is 6. The molecule has 0 bridgehead atoms. The van der Waals surface area contributed by atoms with Gasteiger partial charge < -0.3 is 10.0 Å². The second-order valence-corrected chi connectivity index (χ2v) is 5.35. The summed E-state index contributed by atoms with van der Waals surface area (Å²) in [6, 6.07) is 2.14. The van der Waals surface area contributed by atoms with Crippen LogP contribution >= 0.6 is 11.6 Å². The maximum atomic E-state index is 9.32. The molecule has 2 aromatic heterocycles. The minimum atomic E-state index is 0.0525. The number of nitrogens with zero attached hydrogens (tertiary/aromatic N) is 6. The normalized spacial score (nSPS) is 15.5. The molecule has 0 saturated heterocycles. The Kier molecular flexibility index (Phi) is 4.31. The zero-order valence-corrected chi connectivity index (χ0v) is 12.3. The lowest BCUT2D eigenvalue weighted by Crippen LogP contribution is -2.37. The van der Waals surface area contributed by atoms with Gasteiger partial charge in [0.15, 0.2) is 0 Å². The summed E-state index contributed by atoms with van der Waals surface area (Å²) in [6.45, 7) is 0.542. The van der Waals surface area contributed by atoms with Crippen LogP contribution in [0.25, 0.3) is 5.95 Å². The van der Waals surface area contributed by atoms with E-state index in [2.05, 4.69) is 20.1 Å². The van der Waals surface area contributed by atoms with Gasteiger partial charge in [-0.1, -0.05) is 12.8 Å². The van der Waals surface area contributed by atoms with E-state index in [0.717, 1.165) is 12.8 Å². The molecule has 1 saturated carbocycles. The lowest BCUT2D eigenvalue weighted by atomic mass is 10.2. The highest BCUT2D eigenvalue weighted by atomic mass is 35.5. The van der Waals surface area contributed by atoms with Crippen LogP contribution in [0.15, 0.2) is 18.5 Å². The van der Waals surface area contributed by atoms with Gasteiger partial charge in [-0.3, -0.25) is 0 Å². The summed E-state index contributed by atoms with van der Waals surface area (Å²) >= 11 is 6.03. The van der Waals surface area contributed by atoms with Crippen molar-refractivity contribution in [3.63, 3.8) is 0 Å². The molecule has 3 rings (SSSR count). The molecule has 1 N–H and O–H groups in total. The first kappa shape index (κ1) is 14.2. The smallest absolute Gasteiger partial charge is 0.256 e. The predicted molar refractivity (Wildman–Crippen MR) is 78.6 cm³/mol. The fraction of sp³-hybridized carbons (Fsp3) is 0.538. The molecule has 1 aliphatic carbocycles. The van der Waals surface area contributed by atoms with Gasteiger partial charge in [-0.05, 0) is 30.5 Å². The van der Waals surface area contributed by atoms with E-state index in [1.165, 1.54) is 12.8 Å². The highest BCUT2D eigenvalue weighted by Gasteiger charge is 2.25. The molecule has 0 atom stereocenters. The second kappa shape index (κ2) is 6.36. The summed E-state index contributed by atoms with van der Waals surface area (Å²) in [4.78, 5) is 14.8. The Morgan fingerprint density at radius 2 is 2.10 bits per heavy atom. The average molecular weight is 309 g/mol. The average Bonchev–Trinajstić information content (AvgIpc) is 3.16. The number of aliphatic hydroxyl groups is 1. The number of aromatic nitrogens is 5. The van der Waals surface area contributed by atoms with Gasteiger partial charge >= 0.3 is 0 Å². The van der Waals surface area contributed by atoms with Crippen molar-refractivity contribution in [3.05, 3.63) is 23.7 Å². The molecule has 2 heterocycles. The van der Waals surface area contributed by atoms with Crippen LogP contribution in [0, 0.1) is 0 Å². The Labute approximate surface area is 127 Å². The fourth-order valence-corrected chi connectivity index (χ4v) is 2.87. The van der Waals surface area contributed by atoms with Gasteiger partial charge in [0.2, 0.25) is 11.2 Å². The van der Waals surface area contributed by atoms with Gasteiger partial charge in [0, 0.05) is 25.0 Å². The molecular formula is C13H17ClN6O. The summed E-state index contributed by atoms with van der Waals surface area (Å²) in [6.07, 6.45) is 7.96. The van der Waals surface area contributed by atoms with Crippen molar-refractivity contribution in [2.75, 3.05) is 18.1 Å². The number of rotatable bonds is 5. The summed E-state index contributed by atoms with van der Waals surface area (Å²) in [5.74, 6) is 0.886. The number of hydrogen-bond donors (Lipinski definition) is 1. The van der Waals surface area contributed by atoms with Gasteiger partial charge in [-0.15, -0.1) is 0 Å².